The van der Waals surface area contributed by atoms with Gasteiger partial charge in [-0.2, -0.15) is 0 Å². The predicted octanol–water partition coefficient (Wildman–Crippen LogP) is 2.64. The maximum absolute atomic E-state index is 5.77. The van der Waals surface area contributed by atoms with Gasteiger partial charge in [-0.15, -0.1) is 0 Å². The van der Waals surface area contributed by atoms with E-state index in [0.717, 1.165) is 12.2 Å². The van der Waals surface area contributed by atoms with Gasteiger partial charge in [0.2, 0.25) is 0 Å². The van der Waals surface area contributed by atoms with Crippen LogP contribution in [0.1, 0.15) is 12.0 Å². The summed E-state index contributed by atoms with van der Waals surface area (Å²) in [5.74, 6) is 1.05. The van der Waals surface area contributed by atoms with E-state index >= 15 is 0 Å². The number of allylic oxidation sites excluding steroid dienone is 2. The van der Waals surface area contributed by atoms with Gasteiger partial charge in [0.25, 0.3) is 0 Å². The van der Waals surface area contributed by atoms with Crippen LogP contribution >= 0.6 is 0 Å². The minimum atomic E-state index is 0.399. The molecule has 0 amide bonds. The Morgan fingerprint density at radius 1 is 1.31 bits per heavy atom. The Labute approximate surface area is 96.6 Å². The maximum atomic E-state index is 5.77. The first kappa shape index (κ1) is 11.0. The fraction of sp³-hybridized carbons (Fsp3) is 0.286. The molecule has 0 heterocycles. The monoisotopic (exact) mass is 215 g/mol. The first-order valence-corrected chi connectivity index (χ1v) is 5.60. The van der Waals surface area contributed by atoms with E-state index in [1.54, 1.807) is 0 Å². The van der Waals surface area contributed by atoms with Crippen molar-refractivity contribution in [3.05, 3.63) is 59.9 Å². The number of hydrogen-bond donors (Lipinski definition) is 1. The number of likely N-dealkylation sites (N-methyl/N-ethyl adjacent to an activating group) is 1. The van der Waals surface area contributed by atoms with E-state index in [9.17, 15) is 0 Å². The highest BCUT2D eigenvalue weighted by molar-refractivity contribution is 5.19. The molecule has 2 heteroatoms. The summed E-state index contributed by atoms with van der Waals surface area (Å²) in [5.41, 5.74) is 1.21. The highest BCUT2D eigenvalue weighted by Crippen LogP contribution is 2.15. The standard InChI is InChI=1S/C14H17NO/c1-15-13-8-5-9-14(10-13)16-11-12-6-3-2-4-7-12/h2-9,13,15H,10-11H2,1H3. The molecule has 1 atom stereocenters. The molecule has 0 saturated heterocycles. The van der Waals surface area contributed by atoms with Gasteiger partial charge in [0.15, 0.2) is 0 Å². The van der Waals surface area contributed by atoms with E-state index in [4.69, 9.17) is 4.74 Å². The van der Waals surface area contributed by atoms with Crippen LogP contribution in [-0.4, -0.2) is 13.1 Å². The highest BCUT2D eigenvalue weighted by atomic mass is 16.5. The Balaban J connectivity index is 1.87. The lowest BCUT2D eigenvalue weighted by molar-refractivity contribution is 0.184. The van der Waals surface area contributed by atoms with Crippen molar-refractivity contribution < 1.29 is 4.74 Å². The zero-order valence-electron chi connectivity index (χ0n) is 9.52. The number of hydrogen-bond acceptors (Lipinski definition) is 2. The second-order valence-electron chi connectivity index (χ2n) is 3.89. The molecule has 16 heavy (non-hydrogen) atoms. The van der Waals surface area contributed by atoms with Crippen molar-refractivity contribution in [2.45, 2.75) is 19.1 Å². The molecule has 2 nitrogen and oxygen atoms in total. The van der Waals surface area contributed by atoms with Crippen molar-refractivity contribution in [2.75, 3.05) is 7.05 Å². The van der Waals surface area contributed by atoms with Crippen LogP contribution in [-0.2, 0) is 11.3 Å². The molecule has 0 aromatic heterocycles. The highest BCUT2D eigenvalue weighted by Gasteiger charge is 2.09. The topological polar surface area (TPSA) is 21.3 Å². The van der Waals surface area contributed by atoms with Gasteiger partial charge in [0.1, 0.15) is 6.61 Å². The fourth-order valence-corrected chi connectivity index (χ4v) is 1.71. The lowest BCUT2D eigenvalue weighted by Crippen LogP contribution is -2.24. The number of benzene rings is 1. The summed E-state index contributed by atoms with van der Waals surface area (Å²) in [5, 5.41) is 3.22. The van der Waals surface area contributed by atoms with Crippen LogP contribution in [0.15, 0.2) is 54.3 Å². The van der Waals surface area contributed by atoms with Gasteiger partial charge >= 0.3 is 0 Å². The quantitative estimate of drug-likeness (QED) is 0.833. The Bertz CT molecular complexity index is 381. The third-order valence-corrected chi connectivity index (χ3v) is 2.68. The van der Waals surface area contributed by atoms with Crippen molar-refractivity contribution in [1.29, 1.82) is 0 Å². The van der Waals surface area contributed by atoms with E-state index in [0.29, 0.717) is 12.6 Å². The summed E-state index contributed by atoms with van der Waals surface area (Å²) in [6.45, 7) is 0.650. The molecule has 1 unspecified atom stereocenters. The lowest BCUT2D eigenvalue weighted by atomic mass is 10.1. The van der Waals surface area contributed by atoms with Crippen LogP contribution < -0.4 is 5.32 Å². The number of nitrogens with one attached hydrogen (secondary N) is 1. The van der Waals surface area contributed by atoms with Gasteiger partial charge in [-0.3, -0.25) is 0 Å². The van der Waals surface area contributed by atoms with E-state index in [1.165, 1.54) is 5.56 Å². The van der Waals surface area contributed by atoms with E-state index in [2.05, 4.69) is 23.5 Å². The van der Waals surface area contributed by atoms with Gasteiger partial charge in [-0.05, 0) is 18.7 Å². The molecule has 2 rings (SSSR count). The largest absolute Gasteiger partial charge is 0.493 e. The van der Waals surface area contributed by atoms with Crippen LogP contribution in [0.2, 0.25) is 0 Å². The number of ether oxygens (including phenoxy) is 1. The van der Waals surface area contributed by atoms with Crippen LogP contribution in [0.5, 0.6) is 0 Å². The molecule has 0 spiro atoms. The first-order valence-electron chi connectivity index (χ1n) is 5.60. The van der Waals surface area contributed by atoms with Crippen molar-refractivity contribution in [3.63, 3.8) is 0 Å². The molecule has 0 saturated carbocycles. The van der Waals surface area contributed by atoms with Gasteiger partial charge in [0, 0.05) is 12.5 Å². The predicted molar refractivity (Wildman–Crippen MR) is 65.9 cm³/mol. The van der Waals surface area contributed by atoms with Gasteiger partial charge in [-0.25, -0.2) is 0 Å². The molecule has 1 aliphatic carbocycles. The third-order valence-electron chi connectivity index (χ3n) is 2.68. The zero-order chi connectivity index (χ0) is 11.2. The average molecular weight is 215 g/mol. The molecule has 0 fully saturated rings. The van der Waals surface area contributed by atoms with Gasteiger partial charge in [0.05, 0.1) is 5.76 Å². The van der Waals surface area contributed by atoms with Crippen molar-refractivity contribution in [1.82, 2.24) is 5.32 Å². The van der Waals surface area contributed by atoms with Gasteiger partial charge in [-0.1, -0.05) is 42.5 Å². The Morgan fingerprint density at radius 3 is 2.88 bits per heavy atom. The van der Waals surface area contributed by atoms with Crippen LogP contribution in [0.4, 0.5) is 0 Å². The fourth-order valence-electron chi connectivity index (χ4n) is 1.71. The zero-order valence-corrected chi connectivity index (χ0v) is 9.52. The Kier molecular flexibility index (Phi) is 3.78. The molecule has 1 aromatic carbocycles. The second-order valence-corrected chi connectivity index (χ2v) is 3.89. The van der Waals surface area contributed by atoms with E-state index in [1.807, 2.05) is 37.4 Å². The molecule has 1 aliphatic rings. The maximum Gasteiger partial charge on any atom is 0.113 e. The smallest absolute Gasteiger partial charge is 0.113 e. The van der Waals surface area contributed by atoms with Crippen LogP contribution in [0.25, 0.3) is 0 Å². The van der Waals surface area contributed by atoms with Crippen LogP contribution in [0.3, 0.4) is 0 Å². The molecule has 1 aromatic rings. The number of rotatable bonds is 4. The molecule has 0 bridgehead atoms. The van der Waals surface area contributed by atoms with Crippen molar-refractivity contribution >= 4 is 0 Å². The lowest BCUT2D eigenvalue weighted by Gasteiger charge is -2.18. The van der Waals surface area contributed by atoms with Crippen molar-refractivity contribution in [3.8, 4) is 0 Å². The minimum Gasteiger partial charge on any atom is -0.493 e. The van der Waals surface area contributed by atoms with Crippen molar-refractivity contribution in [2.24, 2.45) is 0 Å². The summed E-state index contributed by atoms with van der Waals surface area (Å²) < 4.78 is 5.77. The second kappa shape index (κ2) is 5.52. The molecular weight excluding hydrogens is 198 g/mol. The summed E-state index contributed by atoms with van der Waals surface area (Å²) in [4.78, 5) is 0. The average Bonchev–Trinajstić information content (AvgIpc) is 2.38. The third kappa shape index (κ3) is 2.97. The molecule has 84 valence electrons. The molecule has 0 aliphatic heterocycles. The minimum absolute atomic E-state index is 0.399. The molecule has 1 N–H and O–H groups in total. The summed E-state index contributed by atoms with van der Waals surface area (Å²) in [6.07, 6.45) is 7.16. The van der Waals surface area contributed by atoms with E-state index in [-0.39, 0.29) is 0 Å². The normalized spacial score (nSPS) is 19.3. The van der Waals surface area contributed by atoms with Gasteiger partial charge < -0.3 is 10.1 Å². The molecular formula is C14H17NO. The SMILES string of the molecule is CNC1C=CC=C(OCc2ccccc2)C1. The van der Waals surface area contributed by atoms with Crippen LogP contribution in [0, 0.1) is 0 Å². The Hall–Kier alpha value is -1.54. The first-order chi connectivity index (χ1) is 7.88. The molecule has 0 radical (unpaired) electrons. The van der Waals surface area contributed by atoms with E-state index < -0.39 is 0 Å². The summed E-state index contributed by atoms with van der Waals surface area (Å²) >= 11 is 0. The summed E-state index contributed by atoms with van der Waals surface area (Å²) in [7, 11) is 1.97. The summed E-state index contributed by atoms with van der Waals surface area (Å²) in [6, 6.07) is 10.6. The Morgan fingerprint density at radius 2 is 2.12 bits per heavy atom.